The fraction of sp³-hybridized carbons (Fsp3) is 0.0492. The van der Waals surface area contributed by atoms with Gasteiger partial charge in [-0.25, -0.2) is 9.97 Å². The van der Waals surface area contributed by atoms with E-state index >= 15 is 0 Å². The molecule has 0 radical (unpaired) electrons. The second-order valence-electron chi connectivity index (χ2n) is 17.0. The Kier molecular flexibility index (Phi) is 9.55. The first-order valence-electron chi connectivity index (χ1n) is 21.7. The SMILES string of the molecule is CC1(C)c2ccc(-c3ccc(-c4cc(-c5ccccc5)nc(-c5ccccc5)c4)cc3)cc2-c2cc(-c3ccc(-c4cc(-c5ccccc5)nc(-c5ccccc5)c4)cc3)ccc21. The summed E-state index contributed by atoms with van der Waals surface area (Å²) < 4.78 is 0. The molecule has 0 amide bonds. The molecule has 2 aromatic heterocycles. The molecule has 0 bridgehead atoms. The number of fused-ring (bicyclic) bond motifs is 3. The van der Waals surface area contributed by atoms with Crippen LogP contribution in [-0.4, -0.2) is 9.97 Å². The quantitative estimate of drug-likeness (QED) is 0.153. The van der Waals surface area contributed by atoms with Crippen molar-refractivity contribution < 1.29 is 0 Å². The molecule has 2 heterocycles. The molecular formula is C61H44N2. The zero-order valence-corrected chi connectivity index (χ0v) is 35.3. The minimum atomic E-state index is -0.0992. The molecule has 1 aliphatic carbocycles. The molecule has 0 saturated heterocycles. The Morgan fingerprint density at radius 2 is 0.492 bits per heavy atom. The van der Waals surface area contributed by atoms with Crippen molar-refractivity contribution in [2.75, 3.05) is 0 Å². The summed E-state index contributed by atoms with van der Waals surface area (Å²) in [5, 5.41) is 0. The fourth-order valence-electron chi connectivity index (χ4n) is 9.26. The molecule has 298 valence electrons. The van der Waals surface area contributed by atoms with Crippen LogP contribution in [0.5, 0.6) is 0 Å². The van der Waals surface area contributed by atoms with Gasteiger partial charge in [0.2, 0.25) is 0 Å². The Morgan fingerprint density at radius 3 is 0.778 bits per heavy atom. The van der Waals surface area contributed by atoms with Crippen molar-refractivity contribution in [3.05, 3.63) is 242 Å². The van der Waals surface area contributed by atoms with E-state index in [-0.39, 0.29) is 5.41 Å². The molecule has 11 rings (SSSR count). The highest BCUT2D eigenvalue weighted by atomic mass is 14.7. The molecule has 63 heavy (non-hydrogen) atoms. The number of rotatable bonds is 8. The number of benzene rings is 8. The lowest BCUT2D eigenvalue weighted by atomic mass is 9.82. The summed E-state index contributed by atoms with van der Waals surface area (Å²) in [6.45, 7) is 4.70. The molecule has 0 N–H and O–H groups in total. The van der Waals surface area contributed by atoms with Crippen molar-refractivity contribution in [3.8, 4) is 101 Å². The Balaban J connectivity index is 0.909. The summed E-state index contributed by atoms with van der Waals surface area (Å²) in [6, 6.07) is 82.7. The number of hydrogen-bond donors (Lipinski definition) is 0. The third kappa shape index (κ3) is 7.26. The zero-order chi connectivity index (χ0) is 42.3. The van der Waals surface area contributed by atoms with E-state index in [0.29, 0.717) is 0 Å². The Morgan fingerprint density at radius 1 is 0.238 bits per heavy atom. The lowest BCUT2D eigenvalue weighted by molar-refractivity contribution is 0.660. The van der Waals surface area contributed by atoms with Crippen LogP contribution in [0.15, 0.2) is 231 Å². The number of nitrogens with zero attached hydrogens (tertiary/aromatic N) is 2. The maximum Gasteiger partial charge on any atom is 0.0715 e. The van der Waals surface area contributed by atoms with E-state index in [4.69, 9.17) is 9.97 Å². The van der Waals surface area contributed by atoms with Crippen LogP contribution in [0.1, 0.15) is 25.0 Å². The van der Waals surface area contributed by atoms with E-state index in [9.17, 15) is 0 Å². The summed E-state index contributed by atoms with van der Waals surface area (Å²) in [6.07, 6.45) is 0. The van der Waals surface area contributed by atoms with Crippen molar-refractivity contribution in [3.63, 3.8) is 0 Å². The van der Waals surface area contributed by atoms with Crippen molar-refractivity contribution >= 4 is 0 Å². The number of aromatic nitrogens is 2. The van der Waals surface area contributed by atoms with Crippen LogP contribution in [0.3, 0.4) is 0 Å². The molecule has 0 unspecified atom stereocenters. The molecule has 2 heteroatoms. The minimum absolute atomic E-state index is 0.0992. The molecule has 10 aromatic rings. The molecule has 2 nitrogen and oxygen atoms in total. The Bertz CT molecular complexity index is 2910. The van der Waals surface area contributed by atoms with Crippen LogP contribution in [0.2, 0.25) is 0 Å². The van der Waals surface area contributed by atoms with Gasteiger partial charge in [-0.2, -0.15) is 0 Å². The third-order valence-corrected chi connectivity index (χ3v) is 12.7. The second kappa shape index (κ2) is 15.8. The lowest BCUT2D eigenvalue weighted by Crippen LogP contribution is -2.14. The fourth-order valence-corrected chi connectivity index (χ4v) is 9.26. The highest BCUT2D eigenvalue weighted by Crippen LogP contribution is 2.51. The molecule has 0 fully saturated rings. The average molecular weight is 805 g/mol. The Labute approximate surface area is 369 Å². The van der Waals surface area contributed by atoms with Gasteiger partial charge in [0.15, 0.2) is 0 Å². The lowest BCUT2D eigenvalue weighted by Gasteiger charge is -2.21. The van der Waals surface area contributed by atoms with Gasteiger partial charge in [-0.05, 0) is 103 Å². The second-order valence-corrected chi connectivity index (χ2v) is 17.0. The Hall–Kier alpha value is -7.94. The maximum absolute atomic E-state index is 5.09. The van der Waals surface area contributed by atoms with E-state index in [1.165, 1.54) is 44.5 Å². The van der Waals surface area contributed by atoms with E-state index in [1.54, 1.807) is 0 Å². The molecular weight excluding hydrogens is 761 g/mol. The van der Waals surface area contributed by atoms with Crippen LogP contribution in [-0.2, 0) is 5.41 Å². The summed E-state index contributed by atoms with van der Waals surface area (Å²) in [7, 11) is 0. The first-order chi connectivity index (χ1) is 30.9. The molecule has 1 aliphatic rings. The van der Waals surface area contributed by atoms with Crippen molar-refractivity contribution in [2.45, 2.75) is 19.3 Å². The van der Waals surface area contributed by atoms with Gasteiger partial charge in [-0.1, -0.05) is 208 Å². The predicted molar refractivity (Wildman–Crippen MR) is 263 cm³/mol. The average Bonchev–Trinajstić information content (AvgIpc) is 3.59. The summed E-state index contributed by atoms with van der Waals surface area (Å²) in [5.74, 6) is 0. The van der Waals surface area contributed by atoms with Crippen LogP contribution >= 0.6 is 0 Å². The van der Waals surface area contributed by atoms with Crippen LogP contribution < -0.4 is 0 Å². The molecule has 0 aliphatic heterocycles. The standard InChI is InChI=1S/C61H44N2/c1-61(2)55-33-31-49(41-23-27-43(28-24-41)51-37-57(45-15-7-3-8-16-45)62-58(38-51)46-17-9-4-10-18-46)35-53(55)54-36-50(32-34-56(54)61)42-25-29-44(30-26-42)52-39-59(47-19-11-5-12-20-47)63-60(40-52)48-21-13-6-14-22-48/h3-40H,1-2H3. The molecule has 0 atom stereocenters. The van der Waals surface area contributed by atoms with E-state index < -0.39 is 0 Å². The van der Waals surface area contributed by atoms with E-state index in [1.807, 2.05) is 24.3 Å². The van der Waals surface area contributed by atoms with Gasteiger partial charge in [0.1, 0.15) is 0 Å². The third-order valence-electron chi connectivity index (χ3n) is 12.7. The van der Waals surface area contributed by atoms with Gasteiger partial charge in [0.05, 0.1) is 22.8 Å². The zero-order valence-electron chi connectivity index (χ0n) is 35.3. The van der Waals surface area contributed by atoms with Gasteiger partial charge in [0.25, 0.3) is 0 Å². The highest BCUT2D eigenvalue weighted by molar-refractivity contribution is 5.88. The van der Waals surface area contributed by atoms with Crippen LogP contribution in [0.25, 0.3) is 101 Å². The number of pyridine rings is 2. The van der Waals surface area contributed by atoms with Gasteiger partial charge in [0, 0.05) is 27.7 Å². The van der Waals surface area contributed by atoms with Gasteiger partial charge < -0.3 is 0 Å². The first-order valence-corrected chi connectivity index (χ1v) is 21.7. The first kappa shape index (κ1) is 38.0. The van der Waals surface area contributed by atoms with Gasteiger partial charge >= 0.3 is 0 Å². The predicted octanol–water partition coefficient (Wildman–Crippen LogP) is 16.1. The summed E-state index contributed by atoms with van der Waals surface area (Å²) in [5.41, 5.74) is 23.0. The summed E-state index contributed by atoms with van der Waals surface area (Å²) >= 11 is 0. The smallest absolute Gasteiger partial charge is 0.0715 e. The van der Waals surface area contributed by atoms with E-state index in [0.717, 1.165) is 67.3 Å². The summed E-state index contributed by atoms with van der Waals surface area (Å²) in [4.78, 5) is 10.2. The normalized spacial score (nSPS) is 12.4. The highest BCUT2D eigenvalue weighted by Gasteiger charge is 2.35. The van der Waals surface area contributed by atoms with E-state index in [2.05, 4.69) is 220 Å². The van der Waals surface area contributed by atoms with Crippen molar-refractivity contribution in [1.82, 2.24) is 9.97 Å². The minimum Gasteiger partial charge on any atom is -0.248 e. The topological polar surface area (TPSA) is 25.8 Å². The van der Waals surface area contributed by atoms with Crippen LogP contribution in [0.4, 0.5) is 0 Å². The maximum atomic E-state index is 5.09. The van der Waals surface area contributed by atoms with Gasteiger partial charge in [-0.3, -0.25) is 0 Å². The van der Waals surface area contributed by atoms with Crippen molar-refractivity contribution in [1.29, 1.82) is 0 Å². The largest absolute Gasteiger partial charge is 0.248 e. The molecule has 8 aromatic carbocycles. The molecule has 0 saturated carbocycles. The molecule has 0 spiro atoms. The van der Waals surface area contributed by atoms with Crippen LogP contribution in [0, 0.1) is 0 Å². The monoisotopic (exact) mass is 804 g/mol. The van der Waals surface area contributed by atoms with Crippen molar-refractivity contribution in [2.24, 2.45) is 0 Å². The number of hydrogen-bond acceptors (Lipinski definition) is 2. The van der Waals surface area contributed by atoms with Gasteiger partial charge in [-0.15, -0.1) is 0 Å².